The second kappa shape index (κ2) is 9.43. The van der Waals surface area contributed by atoms with E-state index in [0.717, 1.165) is 29.9 Å². The highest BCUT2D eigenvalue weighted by Gasteiger charge is 2.31. The van der Waals surface area contributed by atoms with Gasteiger partial charge in [-0.3, -0.25) is 9.36 Å². The Kier molecular flexibility index (Phi) is 6.22. The third-order valence-electron chi connectivity index (χ3n) is 5.73. The highest BCUT2D eigenvalue weighted by atomic mass is 32.2. The first-order valence-electron chi connectivity index (χ1n) is 11.1. The van der Waals surface area contributed by atoms with Crippen molar-refractivity contribution in [3.8, 4) is 22.9 Å². The molecule has 0 atom stereocenters. The number of carbonyl (C=O) groups excluding carboxylic acids is 1. The van der Waals surface area contributed by atoms with E-state index in [1.54, 1.807) is 23.1 Å². The molecule has 3 aromatic rings. The number of hydrogen-bond acceptors (Lipinski definition) is 6. The van der Waals surface area contributed by atoms with Crippen LogP contribution in [-0.2, 0) is 11.3 Å². The van der Waals surface area contributed by atoms with E-state index in [1.165, 1.54) is 17.8 Å². The maximum atomic E-state index is 14.4. The van der Waals surface area contributed by atoms with Crippen LogP contribution in [0, 0.1) is 5.82 Å². The second-order valence-corrected chi connectivity index (χ2v) is 9.00. The van der Waals surface area contributed by atoms with Gasteiger partial charge in [0.1, 0.15) is 19.0 Å². The molecule has 1 aliphatic carbocycles. The summed E-state index contributed by atoms with van der Waals surface area (Å²) in [6, 6.07) is 12.6. The molecule has 0 unspecified atom stereocenters. The van der Waals surface area contributed by atoms with Gasteiger partial charge < -0.3 is 14.4 Å². The number of fused-ring (bicyclic) bond motifs is 1. The van der Waals surface area contributed by atoms with Crippen LogP contribution >= 0.6 is 11.8 Å². The van der Waals surface area contributed by atoms with Crippen LogP contribution in [-0.4, -0.2) is 51.1 Å². The molecular weight excluding hydrogens is 443 g/mol. The van der Waals surface area contributed by atoms with Crippen molar-refractivity contribution >= 4 is 17.7 Å². The van der Waals surface area contributed by atoms with Gasteiger partial charge >= 0.3 is 0 Å². The summed E-state index contributed by atoms with van der Waals surface area (Å²) in [5.74, 6) is 1.90. The summed E-state index contributed by atoms with van der Waals surface area (Å²) in [5.41, 5.74) is 1.42. The second-order valence-electron chi connectivity index (χ2n) is 8.06. The molecular formula is C24H25FN4O3S. The van der Waals surface area contributed by atoms with Crippen molar-refractivity contribution in [1.29, 1.82) is 0 Å². The number of benzene rings is 2. The summed E-state index contributed by atoms with van der Waals surface area (Å²) in [5, 5.41) is 9.21. The van der Waals surface area contributed by atoms with Gasteiger partial charge in [-0.05, 0) is 49.6 Å². The van der Waals surface area contributed by atoms with Crippen molar-refractivity contribution < 1.29 is 18.7 Å². The summed E-state index contributed by atoms with van der Waals surface area (Å²) in [4.78, 5) is 14.8. The zero-order valence-electron chi connectivity index (χ0n) is 18.4. The van der Waals surface area contributed by atoms with Crippen molar-refractivity contribution in [3.05, 3.63) is 53.8 Å². The lowest BCUT2D eigenvalue weighted by molar-refractivity contribution is -0.128. The zero-order chi connectivity index (χ0) is 22.8. The van der Waals surface area contributed by atoms with E-state index < -0.39 is 0 Å². The molecule has 172 valence electrons. The van der Waals surface area contributed by atoms with E-state index in [9.17, 15) is 9.18 Å². The minimum Gasteiger partial charge on any atom is -0.486 e. The van der Waals surface area contributed by atoms with Gasteiger partial charge in [0, 0.05) is 19.1 Å². The molecule has 7 nitrogen and oxygen atoms in total. The average Bonchev–Trinajstić information content (AvgIpc) is 3.60. The number of halogens is 1. The van der Waals surface area contributed by atoms with Gasteiger partial charge in [-0.25, -0.2) is 4.39 Å². The van der Waals surface area contributed by atoms with Crippen LogP contribution in [0.15, 0.2) is 47.6 Å². The Balaban J connectivity index is 1.28. The van der Waals surface area contributed by atoms with E-state index in [2.05, 4.69) is 10.2 Å². The molecule has 2 heterocycles. The topological polar surface area (TPSA) is 69.5 Å². The van der Waals surface area contributed by atoms with Crippen LogP contribution in [0.5, 0.6) is 11.5 Å². The predicted octanol–water partition coefficient (Wildman–Crippen LogP) is 4.33. The Morgan fingerprint density at radius 3 is 2.70 bits per heavy atom. The highest BCUT2D eigenvalue weighted by molar-refractivity contribution is 7.99. The summed E-state index contributed by atoms with van der Waals surface area (Å²) < 4.78 is 27.6. The van der Waals surface area contributed by atoms with Crippen molar-refractivity contribution in [3.63, 3.8) is 0 Å². The van der Waals surface area contributed by atoms with Crippen molar-refractivity contribution in [2.45, 2.75) is 37.5 Å². The zero-order valence-corrected chi connectivity index (χ0v) is 19.2. The van der Waals surface area contributed by atoms with Gasteiger partial charge in [0.15, 0.2) is 22.5 Å². The van der Waals surface area contributed by atoms with E-state index in [0.29, 0.717) is 42.8 Å². The molecule has 33 heavy (non-hydrogen) atoms. The monoisotopic (exact) mass is 468 g/mol. The maximum Gasteiger partial charge on any atom is 0.233 e. The minimum atomic E-state index is -0.323. The Hall–Kier alpha value is -3.07. The molecule has 5 rings (SSSR count). The molecule has 1 saturated carbocycles. The summed E-state index contributed by atoms with van der Waals surface area (Å²) in [6.45, 7) is 4.11. The lowest BCUT2D eigenvalue weighted by Crippen LogP contribution is -2.31. The first-order chi connectivity index (χ1) is 16.1. The number of thioether (sulfide) groups is 1. The van der Waals surface area contributed by atoms with E-state index >= 15 is 0 Å². The molecule has 0 spiro atoms. The number of nitrogens with zero attached hydrogens (tertiary/aromatic N) is 4. The fourth-order valence-corrected chi connectivity index (χ4v) is 4.77. The minimum absolute atomic E-state index is 0.00942. The quantitative estimate of drug-likeness (QED) is 0.459. The summed E-state index contributed by atoms with van der Waals surface area (Å²) >= 11 is 1.35. The maximum absolute atomic E-state index is 14.4. The number of amides is 1. The Labute approximate surface area is 195 Å². The van der Waals surface area contributed by atoms with Gasteiger partial charge in [0.2, 0.25) is 5.91 Å². The van der Waals surface area contributed by atoms with Crippen molar-refractivity contribution in [2.75, 3.05) is 25.5 Å². The number of ether oxygens (including phenoxy) is 2. The average molecular weight is 469 g/mol. The SMILES string of the molecule is CCN(Cc1ccc2c(c1)OCCO2)C(=O)CSc1nnc(-c2ccccc2F)n1C1CC1. The first kappa shape index (κ1) is 21.8. The van der Waals surface area contributed by atoms with Crippen LogP contribution in [0.4, 0.5) is 4.39 Å². The molecule has 0 radical (unpaired) electrons. The molecule has 1 fully saturated rings. The summed E-state index contributed by atoms with van der Waals surface area (Å²) in [6.07, 6.45) is 2.01. The molecule has 0 bridgehead atoms. The van der Waals surface area contributed by atoms with E-state index in [4.69, 9.17) is 9.47 Å². The Morgan fingerprint density at radius 2 is 1.94 bits per heavy atom. The number of rotatable bonds is 8. The molecule has 0 N–H and O–H groups in total. The first-order valence-corrected chi connectivity index (χ1v) is 12.1. The fourth-order valence-electron chi connectivity index (χ4n) is 3.86. The molecule has 0 saturated heterocycles. The highest BCUT2D eigenvalue weighted by Crippen LogP contribution is 2.41. The van der Waals surface area contributed by atoms with Crippen LogP contribution < -0.4 is 9.47 Å². The van der Waals surface area contributed by atoms with Crippen LogP contribution in [0.1, 0.15) is 31.4 Å². The molecule has 9 heteroatoms. The smallest absolute Gasteiger partial charge is 0.233 e. The number of carbonyl (C=O) groups is 1. The van der Waals surface area contributed by atoms with Gasteiger partial charge in [-0.1, -0.05) is 30.0 Å². The third-order valence-corrected chi connectivity index (χ3v) is 6.66. The molecule has 2 aliphatic rings. The predicted molar refractivity (Wildman–Crippen MR) is 123 cm³/mol. The molecule has 2 aromatic carbocycles. The van der Waals surface area contributed by atoms with Crippen LogP contribution in [0.2, 0.25) is 0 Å². The summed E-state index contributed by atoms with van der Waals surface area (Å²) in [7, 11) is 0. The van der Waals surface area contributed by atoms with Crippen LogP contribution in [0.3, 0.4) is 0 Å². The number of hydrogen-bond donors (Lipinski definition) is 0. The van der Waals surface area contributed by atoms with E-state index in [-0.39, 0.29) is 23.5 Å². The normalized spacial score (nSPS) is 14.8. The lowest BCUT2D eigenvalue weighted by Gasteiger charge is -2.23. The van der Waals surface area contributed by atoms with Gasteiger partial charge in [0.25, 0.3) is 0 Å². The van der Waals surface area contributed by atoms with Gasteiger partial charge in [-0.15, -0.1) is 10.2 Å². The van der Waals surface area contributed by atoms with Crippen LogP contribution in [0.25, 0.3) is 11.4 Å². The third kappa shape index (κ3) is 4.68. The van der Waals surface area contributed by atoms with Crippen molar-refractivity contribution in [1.82, 2.24) is 19.7 Å². The van der Waals surface area contributed by atoms with E-state index in [1.807, 2.05) is 29.7 Å². The molecule has 1 aromatic heterocycles. The molecule has 1 aliphatic heterocycles. The standard InChI is InChI=1S/C24H25FN4O3S/c1-2-28(14-16-7-10-20-21(13-16)32-12-11-31-20)22(30)15-33-24-27-26-23(29(24)17-8-9-17)18-5-3-4-6-19(18)25/h3-7,10,13,17H,2,8-9,11-12,14-15H2,1H3. The van der Waals surface area contributed by atoms with Gasteiger partial charge in [-0.2, -0.15) is 0 Å². The Morgan fingerprint density at radius 1 is 1.15 bits per heavy atom. The Bertz CT molecular complexity index is 1160. The number of aromatic nitrogens is 3. The van der Waals surface area contributed by atoms with Crippen molar-refractivity contribution in [2.24, 2.45) is 0 Å². The largest absolute Gasteiger partial charge is 0.486 e. The lowest BCUT2D eigenvalue weighted by atomic mass is 10.2. The molecule has 1 amide bonds. The van der Waals surface area contributed by atoms with Gasteiger partial charge in [0.05, 0.1) is 11.3 Å². The fraction of sp³-hybridized carbons (Fsp3) is 0.375.